The highest BCUT2D eigenvalue weighted by Gasteiger charge is 2.44. The van der Waals surface area contributed by atoms with Crippen LogP contribution in [0.1, 0.15) is 67.4 Å². The summed E-state index contributed by atoms with van der Waals surface area (Å²) in [6.07, 6.45) is 0.775. The third-order valence-corrected chi connectivity index (χ3v) is 5.29. The molecule has 1 amide bonds. The van der Waals surface area contributed by atoms with Crippen molar-refractivity contribution in [2.75, 3.05) is 6.61 Å². The van der Waals surface area contributed by atoms with Gasteiger partial charge in [0.2, 0.25) is 5.91 Å². The number of ether oxygens (including phenoxy) is 1. The summed E-state index contributed by atoms with van der Waals surface area (Å²) in [5.41, 5.74) is 5.45. The summed E-state index contributed by atoms with van der Waals surface area (Å²) in [6, 6.07) is 1.30. The predicted molar refractivity (Wildman–Crippen MR) is 91.4 cm³/mol. The predicted octanol–water partition coefficient (Wildman–Crippen LogP) is 3.76. The molecule has 1 heterocycles. The van der Waals surface area contributed by atoms with Gasteiger partial charge in [0.05, 0.1) is 0 Å². The topological polar surface area (TPSA) is 82.3 Å². The van der Waals surface area contributed by atoms with Crippen LogP contribution >= 0.6 is 0 Å². The molecule has 2 N–H and O–H groups in total. The molecule has 0 aromatic carbocycles. The molecular formula is C19H23F3N2O3. The van der Waals surface area contributed by atoms with Crippen molar-refractivity contribution in [1.29, 1.82) is 0 Å². The van der Waals surface area contributed by atoms with Gasteiger partial charge in [0.1, 0.15) is 11.4 Å². The minimum Gasteiger partial charge on any atom is -0.484 e. The first-order valence-electron chi connectivity index (χ1n) is 9.08. The fourth-order valence-electron chi connectivity index (χ4n) is 3.57. The summed E-state index contributed by atoms with van der Waals surface area (Å²) in [5, 5.41) is 0. The lowest BCUT2D eigenvalue weighted by Crippen LogP contribution is -2.30. The quantitative estimate of drug-likeness (QED) is 0.657. The number of ketones is 1. The van der Waals surface area contributed by atoms with Gasteiger partial charge in [-0.2, -0.15) is 13.2 Å². The molecule has 27 heavy (non-hydrogen) atoms. The molecule has 2 saturated carbocycles. The molecule has 0 aliphatic heterocycles. The molecule has 1 unspecified atom stereocenters. The van der Waals surface area contributed by atoms with Crippen LogP contribution in [0, 0.1) is 11.3 Å². The Balaban J connectivity index is 1.78. The summed E-state index contributed by atoms with van der Waals surface area (Å²) in [6.45, 7) is 0.443. The number of carbonyl (C=O) groups is 2. The maximum Gasteiger partial charge on any atom is 0.422 e. The van der Waals surface area contributed by atoms with Crippen LogP contribution in [0.15, 0.2) is 12.3 Å². The van der Waals surface area contributed by atoms with Crippen molar-refractivity contribution in [3.63, 3.8) is 0 Å². The zero-order valence-electron chi connectivity index (χ0n) is 15.1. The highest BCUT2D eigenvalue weighted by Crippen LogP contribution is 2.50. The molecule has 8 heteroatoms. The van der Waals surface area contributed by atoms with Crippen molar-refractivity contribution >= 4 is 11.7 Å². The van der Waals surface area contributed by atoms with Crippen molar-refractivity contribution in [2.24, 2.45) is 17.1 Å². The Labute approximate surface area is 155 Å². The number of halogens is 3. The van der Waals surface area contributed by atoms with Crippen molar-refractivity contribution in [3.8, 4) is 5.75 Å². The molecule has 2 fully saturated rings. The second-order valence-corrected chi connectivity index (χ2v) is 7.96. The fraction of sp³-hybridized carbons (Fsp3) is 0.632. The van der Waals surface area contributed by atoms with E-state index in [1.165, 1.54) is 12.3 Å². The monoisotopic (exact) mass is 384 g/mol. The van der Waals surface area contributed by atoms with E-state index in [0.29, 0.717) is 5.56 Å². The second kappa shape index (κ2) is 7.13. The van der Waals surface area contributed by atoms with Crippen LogP contribution in [0.5, 0.6) is 5.75 Å². The van der Waals surface area contributed by atoms with Crippen LogP contribution in [0.3, 0.4) is 0 Å². The summed E-state index contributed by atoms with van der Waals surface area (Å²) in [7, 11) is 0. The number of hydrogen-bond donors (Lipinski definition) is 1. The van der Waals surface area contributed by atoms with Gasteiger partial charge in [0.15, 0.2) is 12.4 Å². The molecule has 0 radical (unpaired) electrons. The van der Waals surface area contributed by atoms with Crippen molar-refractivity contribution in [2.45, 2.75) is 57.5 Å². The normalized spacial score (nSPS) is 19.4. The smallest absolute Gasteiger partial charge is 0.422 e. The molecule has 1 atom stereocenters. The Morgan fingerprint density at radius 2 is 1.89 bits per heavy atom. The van der Waals surface area contributed by atoms with Crippen LogP contribution in [0.2, 0.25) is 0 Å². The SMILES string of the molecule is CC(CC(N)=O)(CC(=O)c1cc(OCC(F)(F)F)c(C2CC2)cn1)C1CC1. The van der Waals surface area contributed by atoms with Gasteiger partial charge in [-0.25, -0.2) is 0 Å². The number of primary amides is 1. The summed E-state index contributed by atoms with van der Waals surface area (Å²) in [4.78, 5) is 28.3. The highest BCUT2D eigenvalue weighted by molar-refractivity contribution is 5.95. The van der Waals surface area contributed by atoms with E-state index in [1.54, 1.807) is 0 Å². The third kappa shape index (κ3) is 5.20. The minimum atomic E-state index is -4.46. The lowest BCUT2D eigenvalue weighted by molar-refractivity contribution is -0.153. The Kier molecular flexibility index (Phi) is 5.18. The Morgan fingerprint density at radius 3 is 2.41 bits per heavy atom. The van der Waals surface area contributed by atoms with Crippen LogP contribution in [0.4, 0.5) is 13.2 Å². The molecule has 3 rings (SSSR count). The number of pyridine rings is 1. The van der Waals surface area contributed by atoms with Gasteiger partial charge in [-0.1, -0.05) is 6.92 Å². The minimum absolute atomic E-state index is 0.0629. The van der Waals surface area contributed by atoms with Gasteiger partial charge < -0.3 is 10.5 Å². The van der Waals surface area contributed by atoms with Gasteiger partial charge in [-0.3, -0.25) is 14.6 Å². The molecule has 0 bridgehead atoms. The van der Waals surface area contributed by atoms with Gasteiger partial charge >= 0.3 is 6.18 Å². The van der Waals surface area contributed by atoms with Crippen molar-refractivity contribution in [3.05, 3.63) is 23.5 Å². The lowest BCUT2D eigenvalue weighted by atomic mass is 9.76. The maximum absolute atomic E-state index is 12.7. The number of aromatic nitrogens is 1. The van der Waals surface area contributed by atoms with Gasteiger partial charge in [0.25, 0.3) is 0 Å². The standard InChI is InChI=1S/C19H23F3N2O3/c1-18(8-17(23)26,12-4-5-12)7-15(25)14-6-16(27-10-19(20,21)22)13(9-24-14)11-2-3-11/h6,9,11-12H,2-5,7-8,10H2,1H3,(H2,23,26). The van der Waals surface area contributed by atoms with Crippen LogP contribution in [-0.4, -0.2) is 29.5 Å². The average Bonchev–Trinajstić information content (AvgIpc) is 3.44. The van der Waals surface area contributed by atoms with E-state index >= 15 is 0 Å². The zero-order valence-corrected chi connectivity index (χ0v) is 15.1. The van der Waals surface area contributed by atoms with Crippen LogP contribution < -0.4 is 10.5 Å². The van der Waals surface area contributed by atoms with Gasteiger partial charge in [-0.15, -0.1) is 0 Å². The Hall–Kier alpha value is -2.12. The largest absolute Gasteiger partial charge is 0.484 e. The number of hydrogen-bond acceptors (Lipinski definition) is 4. The van der Waals surface area contributed by atoms with E-state index in [1.807, 2.05) is 6.92 Å². The Bertz CT molecular complexity index is 742. The molecule has 0 spiro atoms. The summed E-state index contributed by atoms with van der Waals surface area (Å²) < 4.78 is 42.6. The number of rotatable bonds is 9. The first-order valence-corrected chi connectivity index (χ1v) is 9.08. The zero-order chi connectivity index (χ0) is 19.8. The molecule has 2 aliphatic rings. The van der Waals surface area contributed by atoms with E-state index < -0.39 is 24.1 Å². The molecule has 0 saturated heterocycles. The number of Topliss-reactive ketones (excluding diaryl/α,β-unsaturated/α-hetero) is 1. The first kappa shape index (κ1) is 19.6. The average molecular weight is 384 g/mol. The molecule has 1 aromatic heterocycles. The van der Waals surface area contributed by atoms with E-state index in [4.69, 9.17) is 10.5 Å². The molecule has 2 aliphatic carbocycles. The Morgan fingerprint density at radius 1 is 1.22 bits per heavy atom. The number of amides is 1. The van der Waals surface area contributed by atoms with E-state index in [-0.39, 0.29) is 41.9 Å². The van der Waals surface area contributed by atoms with Crippen molar-refractivity contribution in [1.82, 2.24) is 4.98 Å². The van der Waals surface area contributed by atoms with Crippen LogP contribution in [0.25, 0.3) is 0 Å². The van der Waals surface area contributed by atoms with E-state index in [2.05, 4.69) is 4.98 Å². The number of nitrogens with zero attached hydrogens (tertiary/aromatic N) is 1. The molecule has 148 valence electrons. The number of carbonyl (C=O) groups excluding carboxylic acids is 2. The van der Waals surface area contributed by atoms with Crippen molar-refractivity contribution < 1.29 is 27.5 Å². The molecule has 5 nitrogen and oxygen atoms in total. The van der Waals surface area contributed by atoms with E-state index in [0.717, 1.165) is 25.7 Å². The summed E-state index contributed by atoms with van der Waals surface area (Å²) in [5.74, 6) is -0.332. The van der Waals surface area contributed by atoms with Gasteiger partial charge in [0, 0.05) is 30.7 Å². The first-order chi connectivity index (χ1) is 12.6. The maximum atomic E-state index is 12.7. The van der Waals surface area contributed by atoms with E-state index in [9.17, 15) is 22.8 Å². The second-order valence-electron chi connectivity index (χ2n) is 7.96. The number of alkyl halides is 3. The number of nitrogens with two attached hydrogens (primary N) is 1. The van der Waals surface area contributed by atoms with Gasteiger partial charge in [-0.05, 0) is 42.9 Å². The lowest BCUT2D eigenvalue weighted by Gasteiger charge is -2.27. The highest BCUT2D eigenvalue weighted by atomic mass is 19.4. The molecular weight excluding hydrogens is 361 g/mol. The molecule has 1 aromatic rings. The fourth-order valence-corrected chi connectivity index (χ4v) is 3.57. The third-order valence-electron chi connectivity index (χ3n) is 5.29. The van der Waals surface area contributed by atoms with Crippen LogP contribution in [-0.2, 0) is 4.79 Å². The summed E-state index contributed by atoms with van der Waals surface area (Å²) >= 11 is 0.